The first-order chi connectivity index (χ1) is 7.72. The van der Waals surface area contributed by atoms with Gasteiger partial charge < -0.3 is 4.57 Å². The van der Waals surface area contributed by atoms with Gasteiger partial charge in [-0.2, -0.15) is 12.6 Å². The summed E-state index contributed by atoms with van der Waals surface area (Å²) in [7, 11) is 1.68. The lowest BCUT2D eigenvalue weighted by atomic mass is 10.1. The maximum absolute atomic E-state index is 11.8. The zero-order chi connectivity index (χ0) is 11.5. The van der Waals surface area contributed by atoms with E-state index in [0.29, 0.717) is 16.7 Å². The van der Waals surface area contributed by atoms with Crippen LogP contribution in [0.2, 0.25) is 0 Å². The molecule has 4 heteroatoms. The number of fused-ring (bicyclic) bond motifs is 1. The summed E-state index contributed by atoms with van der Waals surface area (Å²) in [5, 5.41) is 0.593. The molecule has 0 spiro atoms. The van der Waals surface area contributed by atoms with Gasteiger partial charge in [0.2, 0.25) is 0 Å². The number of nitrogens with zero attached hydrogens (tertiary/aromatic N) is 2. The number of aromatic nitrogens is 2. The van der Waals surface area contributed by atoms with Gasteiger partial charge in [-0.1, -0.05) is 11.8 Å². The number of hydrogen-bond acceptors (Lipinski definition) is 3. The van der Waals surface area contributed by atoms with Crippen LogP contribution < -0.4 is 5.56 Å². The van der Waals surface area contributed by atoms with E-state index < -0.39 is 0 Å². The van der Waals surface area contributed by atoms with Gasteiger partial charge in [0.15, 0.2) is 0 Å². The molecule has 0 atom stereocenters. The summed E-state index contributed by atoms with van der Waals surface area (Å²) >= 11 is 4.01. The molecule has 0 aliphatic carbocycles. The molecule has 2 aromatic rings. The normalized spacial score (nSPS) is 9.88. The third-order valence-corrected chi connectivity index (χ3v) is 2.39. The third kappa shape index (κ3) is 1.95. The molecule has 0 aliphatic rings. The highest BCUT2D eigenvalue weighted by atomic mass is 32.1. The van der Waals surface area contributed by atoms with Gasteiger partial charge in [0.05, 0.1) is 23.0 Å². The monoisotopic (exact) mass is 230 g/mol. The van der Waals surface area contributed by atoms with Gasteiger partial charge in [0.25, 0.3) is 5.56 Å². The van der Waals surface area contributed by atoms with Crippen LogP contribution in [0.15, 0.2) is 29.3 Å². The Kier molecular flexibility index (Phi) is 2.97. The molecule has 0 aliphatic heterocycles. The second kappa shape index (κ2) is 4.42. The summed E-state index contributed by atoms with van der Waals surface area (Å²) in [5.74, 6) is 6.28. The molecule has 1 heterocycles. The van der Waals surface area contributed by atoms with Crippen LogP contribution in [-0.2, 0) is 7.05 Å². The van der Waals surface area contributed by atoms with Crippen LogP contribution in [0.1, 0.15) is 5.56 Å². The van der Waals surface area contributed by atoms with Crippen LogP contribution >= 0.6 is 12.6 Å². The average molecular weight is 230 g/mol. The lowest BCUT2D eigenvalue weighted by Gasteiger charge is -2.00. The van der Waals surface area contributed by atoms with E-state index >= 15 is 0 Å². The molecule has 0 saturated carbocycles. The minimum absolute atomic E-state index is 0.0560. The van der Waals surface area contributed by atoms with Gasteiger partial charge in [0.1, 0.15) is 0 Å². The number of benzene rings is 1. The van der Waals surface area contributed by atoms with E-state index in [-0.39, 0.29) is 5.56 Å². The quantitative estimate of drug-likeness (QED) is 0.545. The first-order valence-electron chi connectivity index (χ1n) is 4.77. The topological polar surface area (TPSA) is 34.9 Å². The Labute approximate surface area is 98.5 Å². The van der Waals surface area contributed by atoms with Crippen molar-refractivity contribution in [2.24, 2.45) is 7.05 Å². The van der Waals surface area contributed by atoms with Crippen molar-refractivity contribution >= 4 is 23.5 Å². The second-order valence-corrected chi connectivity index (χ2v) is 3.67. The van der Waals surface area contributed by atoms with E-state index in [0.717, 1.165) is 5.56 Å². The molecule has 1 aromatic heterocycles. The summed E-state index contributed by atoms with van der Waals surface area (Å²) in [5.41, 5.74) is 1.45. The Hall–Kier alpha value is -1.73. The van der Waals surface area contributed by atoms with Crippen molar-refractivity contribution in [3.8, 4) is 11.8 Å². The maximum atomic E-state index is 11.8. The number of thiol groups is 1. The molecular formula is C12H10N2OS. The smallest absolute Gasteiger partial charge is 0.260 e. The van der Waals surface area contributed by atoms with E-state index in [9.17, 15) is 4.79 Å². The minimum Gasteiger partial charge on any atom is -0.302 e. The van der Waals surface area contributed by atoms with Crippen LogP contribution in [-0.4, -0.2) is 15.3 Å². The Balaban J connectivity index is 2.69. The summed E-state index contributed by atoms with van der Waals surface area (Å²) in [6.45, 7) is 0. The van der Waals surface area contributed by atoms with Crippen molar-refractivity contribution in [3.05, 3.63) is 40.4 Å². The SMILES string of the molecule is Cn1cnc2ccc(C#CCS)cc2c1=O. The Morgan fingerprint density at radius 3 is 3.06 bits per heavy atom. The molecule has 16 heavy (non-hydrogen) atoms. The predicted molar refractivity (Wildman–Crippen MR) is 67.7 cm³/mol. The molecule has 0 bridgehead atoms. The maximum Gasteiger partial charge on any atom is 0.260 e. The molecule has 0 unspecified atom stereocenters. The Bertz CT molecular complexity index is 649. The molecule has 0 saturated heterocycles. The summed E-state index contributed by atoms with van der Waals surface area (Å²) in [4.78, 5) is 16.0. The summed E-state index contributed by atoms with van der Waals surface area (Å²) < 4.78 is 1.46. The van der Waals surface area contributed by atoms with Crippen molar-refractivity contribution in [2.75, 3.05) is 5.75 Å². The van der Waals surface area contributed by atoms with Gasteiger partial charge >= 0.3 is 0 Å². The van der Waals surface area contributed by atoms with Crippen LogP contribution in [0.4, 0.5) is 0 Å². The Morgan fingerprint density at radius 2 is 2.31 bits per heavy atom. The molecule has 0 amide bonds. The van der Waals surface area contributed by atoms with Crippen molar-refractivity contribution in [1.29, 1.82) is 0 Å². The summed E-state index contributed by atoms with van der Waals surface area (Å²) in [6, 6.07) is 5.42. The molecule has 80 valence electrons. The zero-order valence-electron chi connectivity index (χ0n) is 8.77. The fourth-order valence-corrected chi connectivity index (χ4v) is 1.51. The van der Waals surface area contributed by atoms with Crippen LogP contribution in [0.25, 0.3) is 10.9 Å². The number of aryl methyl sites for hydroxylation is 1. The van der Waals surface area contributed by atoms with Gasteiger partial charge in [-0.15, -0.1) is 0 Å². The zero-order valence-corrected chi connectivity index (χ0v) is 9.66. The van der Waals surface area contributed by atoms with Crippen molar-refractivity contribution < 1.29 is 0 Å². The third-order valence-electron chi connectivity index (χ3n) is 2.23. The fraction of sp³-hybridized carbons (Fsp3) is 0.167. The fourth-order valence-electron chi connectivity index (χ4n) is 1.43. The van der Waals surface area contributed by atoms with Gasteiger partial charge in [-0.3, -0.25) is 4.79 Å². The molecule has 2 rings (SSSR count). The van der Waals surface area contributed by atoms with Crippen molar-refractivity contribution in [2.45, 2.75) is 0 Å². The van der Waals surface area contributed by atoms with E-state index in [4.69, 9.17) is 0 Å². The molecule has 0 fully saturated rings. The first kappa shape index (κ1) is 10.8. The average Bonchev–Trinajstić information content (AvgIpc) is 2.31. The van der Waals surface area contributed by atoms with Crippen LogP contribution in [0, 0.1) is 11.8 Å². The van der Waals surface area contributed by atoms with E-state index in [1.54, 1.807) is 19.2 Å². The predicted octanol–water partition coefficient (Wildman–Crippen LogP) is 1.21. The van der Waals surface area contributed by atoms with E-state index in [1.807, 2.05) is 6.07 Å². The molecule has 1 aromatic carbocycles. The van der Waals surface area contributed by atoms with Gasteiger partial charge in [-0.05, 0) is 18.2 Å². The first-order valence-corrected chi connectivity index (χ1v) is 5.41. The Morgan fingerprint density at radius 1 is 1.50 bits per heavy atom. The minimum atomic E-state index is -0.0560. The van der Waals surface area contributed by atoms with Gasteiger partial charge in [0, 0.05) is 12.6 Å². The van der Waals surface area contributed by atoms with Crippen molar-refractivity contribution in [3.63, 3.8) is 0 Å². The molecular weight excluding hydrogens is 220 g/mol. The molecule has 0 radical (unpaired) electrons. The number of hydrogen-bond donors (Lipinski definition) is 1. The van der Waals surface area contributed by atoms with E-state index in [2.05, 4.69) is 29.5 Å². The molecule has 3 nitrogen and oxygen atoms in total. The van der Waals surface area contributed by atoms with E-state index in [1.165, 1.54) is 10.9 Å². The van der Waals surface area contributed by atoms with Gasteiger partial charge in [-0.25, -0.2) is 4.98 Å². The largest absolute Gasteiger partial charge is 0.302 e. The standard InChI is InChI=1S/C12H10N2OS/c1-14-8-13-11-5-4-9(3-2-6-16)7-10(11)12(14)15/h4-5,7-8,16H,6H2,1H3. The second-order valence-electron chi connectivity index (χ2n) is 3.35. The highest BCUT2D eigenvalue weighted by molar-refractivity contribution is 7.80. The summed E-state index contributed by atoms with van der Waals surface area (Å²) in [6.07, 6.45) is 1.52. The molecule has 0 N–H and O–H groups in total. The van der Waals surface area contributed by atoms with Crippen LogP contribution in [0.5, 0.6) is 0 Å². The highest BCUT2D eigenvalue weighted by Gasteiger charge is 2.01. The van der Waals surface area contributed by atoms with Crippen molar-refractivity contribution in [1.82, 2.24) is 9.55 Å². The lowest BCUT2D eigenvalue weighted by Crippen LogP contribution is -2.16. The lowest BCUT2D eigenvalue weighted by molar-refractivity contribution is 0.843. The van der Waals surface area contributed by atoms with Crippen LogP contribution in [0.3, 0.4) is 0 Å². The number of rotatable bonds is 0. The highest BCUT2D eigenvalue weighted by Crippen LogP contribution is 2.08.